The fourth-order valence-electron chi connectivity index (χ4n) is 2.82. The number of carbonyl (C=O) groups excluding carboxylic acids is 1. The highest BCUT2D eigenvalue weighted by molar-refractivity contribution is 8.18. The number of carbonyl (C=O) groups is 2. The summed E-state index contributed by atoms with van der Waals surface area (Å²) in [6.07, 6.45) is 3.18. The first-order valence-electron chi connectivity index (χ1n) is 9.27. The Labute approximate surface area is 182 Å². The Morgan fingerprint density at radius 2 is 2.03 bits per heavy atom. The molecule has 0 spiro atoms. The number of amides is 1. The van der Waals surface area contributed by atoms with E-state index < -0.39 is 5.97 Å². The molecule has 2 aromatic carbocycles. The summed E-state index contributed by atoms with van der Waals surface area (Å²) >= 11 is 1.09. The van der Waals surface area contributed by atoms with Crippen molar-refractivity contribution in [1.82, 2.24) is 4.90 Å². The monoisotopic (exact) mass is 440 g/mol. The van der Waals surface area contributed by atoms with Gasteiger partial charge in [0, 0.05) is 6.54 Å². The van der Waals surface area contributed by atoms with Crippen molar-refractivity contribution in [1.29, 1.82) is 0 Å². The van der Waals surface area contributed by atoms with Crippen LogP contribution in [0.25, 0.3) is 6.08 Å². The number of aromatic carboxylic acids is 1. The number of hydrogen-bond donors (Lipinski definition) is 3. The van der Waals surface area contributed by atoms with Gasteiger partial charge in [0.2, 0.25) is 0 Å². The normalized spacial score (nSPS) is 16.2. The molecule has 0 aromatic heterocycles. The first-order valence-corrected chi connectivity index (χ1v) is 10.1. The van der Waals surface area contributed by atoms with E-state index in [0.29, 0.717) is 22.8 Å². The van der Waals surface area contributed by atoms with Gasteiger partial charge in [-0.05, 0) is 60.7 Å². The third-order valence-electron chi connectivity index (χ3n) is 4.21. The van der Waals surface area contributed by atoms with Crippen LogP contribution in [0.1, 0.15) is 22.8 Å². The molecule has 3 N–H and O–H groups in total. The van der Waals surface area contributed by atoms with Crippen molar-refractivity contribution < 1.29 is 29.6 Å². The van der Waals surface area contributed by atoms with Crippen molar-refractivity contribution in [2.45, 2.75) is 6.92 Å². The van der Waals surface area contributed by atoms with E-state index in [4.69, 9.17) is 4.74 Å². The predicted octanol–water partition coefficient (Wildman–Crippen LogP) is 3.98. The molecule has 1 fully saturated rings. The van der Waals surface area contributed by atoms with Crippen LogP contribution in [0.3, 0.4) is 0 Å². The zero-order chi connectivity index (χ0) is 22.5. The van der Waals surface area contributed by atoms with Crippen LogP contribution >= 0.6 is 11.8 Å². The van der Waals surface area contributed by atoms with Crippen molar-refractivity contribution in [3.05, 3.63) is 65.1 Å². The van der Waals surface area contributed by atoms with Crippen LogP contribution in [0, 0.1) is 0 Å². The average Bonchev–Trinajstić information content (AvgIpc) is 3.01. The summed E-state index contributed by atoms with van der Waals surface area (Å²) in [7, 11) is 0. The molecule has 1 aliphatic rings. The molecule has 8 nitrogen and oxygen atoms in total. The van der Waals surface area contributed by atoms with Gasteiger partial charge in [-0.1, -0.05) is 12.1 Å². The number of phenolic OH excluding ortho intramolecular Hbond substituents is 2. The summed E-state index contributed by atoms with van der Waals surface area (Å²) in [6, 6.07) is 8.55. The fraction of sp³-hybridized carbons (Fsp3) is 0.136. The van der Waals surface area contributed by atoms with Crippen LogP contribution in [-0.4, -0.2) is 50.4 Å². The van der Waals surface area contributed by atoms with E-state index in [9.17, 15) is 24.9 Å². The number of thioether (sulfide) groups is 1. The summed E-state index contributed by atoms with van der Waals surface area (Å²) in [4.78, 5) is 30.5. The number of amidine groups is 1. The Morgan fingerprint density at radius 3 is 2.71 bits per heavy atom. The molecule has 0 unspecified atom stereocenters. The van der Waals surface area contributed by atoms with Crippen LogP contribution in [0.2, 0.25) is 0 Å². The molecule has 0 saturated carbocycles. The second-order valence-electron chi connectivity index (χ2n) is 6.38. The van der Waals surface area contributed by atoms with Crippen molar-refractivity contribution in [2.75, 3.05) is 13.2 Å². The standard InChI is InChI=1S/C22H20N2O6S/c1-3-9-24-20(27)19(11-13-5-8-17(26)18(10-13)30-4-2)31-22(24)23-16-7-6-14(25)12-15(16)21(28)29/h3,5-8,10-12,25-26H,1,4,9H2,2H3,(H,28,29)/b19-11-,23-22?. The van der Waals surface area contributed by atoms with Crippen molar-refractivity contribution in [2.24, 2.45) is 4.99 Å². The van der Waals surface area contributed by atoms with Gasteiger partial charge in [0.05, 0.1) is 22.8 Å². The highest BCUT2D eigenvalue weighted by atomic mass is 32.2. The first-order chi connectivity index (χ1) is 14.8. The largest absolute Gasteiger partial charge is 0.508 e. The number of carboxylic acids is 1. The summed E-state index contributed by atoms with van der Waals surface area (Å²) in [5.74, 6) is -1.45. The second-order valence-corrected chi connectivity index (χ2v) is 7.39. The average molecular weight is 440 g/mol. The number of rotatable bonds is 7. The van der Waals surface area contributed by atoms with E-state index in [2.05, 4.69) is 11.6 Å². The van der Waals surface area contributed by atoms with Gasteiger partial charge >= 0.3 is 5.97 Å². The molecule has 9 heteroatoms. The van der Waals surface area contributed by atoms with Gasteiger partial charge in [0.15, 0.2) is 16.7 Å². The maximum Gasteiger partial charge on any atom is 0.338 e. The Balaban J connectivity index is 2.01. The number of hydrogen-bond acceptors (Lipinski definition) is 7. The molecule has 1 heterocycles. The fourth-order valence-corrected chi connectivity index (χ4v) is 3.82. The third-order valence-corrected chi connectivity index (χ3v) is 5.21. The quantitative estimate of drug-likeness (QED) is 0.440. The number of nitrogens with zero attached hydrogens (tertiary/aromatic N) is 2. The predicted molar refractivity (Wildman–Crippen MR) is 119 cm³/mol. The lowest BCUT2D eigenvalue weighted by atomic mass is 10.1. The van der Waals surface area contributed by atoms with E-state index in [0.717, 1.165) is 17.8 Å². The molecule has 0 atom stereocenters. The van der Waals surface area contributed by atoms with Gasteiger partial charge in [0.25, 0.3) is 5.91 Å². The molecule has 1 amide bonds. The highest BCUT2D eigenvalue weighted by Gasteiger charge is 2.33. The van der Waals surface area contributed by atoms with Crippen LogP contribution in [0.4, 0.5) is 5.69 Å². The van der Waals surface area contributed by atoms with Crippen LogP contribution < -0.4 is 4.74 Å². The van der Waals surface area contributed by atoms with Crippen molar-refractivity contribution in [3.63, 3.8) is 0 Å². The summed E-state index contributed by atoms with van der Waals surface area (Å²) in [5, 5.41) is 29.1. The first kappa shape index (κ1) is 22.0. The molecular formula is C22H20N2O6S. The van der Waals surface area contributed by atoms with Gasteiger partial charge in [0.1, 0.15) is 5.75 Å². The summed E-state index contributed by atoms with van der Waals surface area (Å²) < 4.78 is 5.38. The van der Waals surface area contributed by atoms with E-state index >= 15 is 0 Å². The number of ether oxygens (including phenoxy) is 1. The zero-order valence-corrected chi connectivity index (χ0v) is 17.4. The smallest absolute Gasteiger partial charge is 0.338 e. The van der Waals surface area contributed by atoms with Gasteiger partial charge < -0.3 is 20.1 Å². The highest BCUT2D eigenvalue weighted by Crippen LogP contribution is 2.36. The zero-order valence-electron chi connectivity index (χ0n) is 16.6. The number of benzene rings is 2. The second kappa shape index (κ2) is 9.40. The maximum absolute atomic E-state index is 12.9. The molecule has 0 bridgehead atoms. The van der Waals surface area contributed by atoms with Gasteiger partial charge in [-0.15, -0.1) is 6.58 Å². The molecular weight excluding hydrogens is 420 g/mol. The maximum atomic E-state index is 12.9. The Kier molecular flexibility index (Phi) is 6.66. The molecule has 160 valence electrons. The van der Waals surface area contributed by atoms with E-state index in [1.54, 1.807) is 31.2 Å². The summed E-state index contributed by atoms with van der Waals surface area (Å²) in [5.41, 5.74) is 0.573. The lowest BCUT2D eigenvalue weighted by molar-refractivity contribution is -0.121. The Morgan fingerprint density at radius 1 is 1.26 bits per heavy atom. The van der Waals surface area contributed by atoms with Crippen LogP contribution in [-0.2, 0) is 4.79 Å². The number of phenols is 2. The van der Waals surface area contributed by atoms with E-state index in [1.165, 1.54) is 23.1 Å². The molecule has 1 saturated heterocycles. The lowest BCUT2D eigenvalue weighted by Gasteiger charge is -2.13. The molecule has 31 heavy (non-hydrogen) atoms. The molecule has 2 aromatic rings. The molecule has 0 radical (unpaired) electrons. The van der Waals surface area contributed by atoms with E-state index in [1.807, 2.05) is 0 Å². The molecule has 3 rings (SSSR count). The SMILES string of the molecule is C=CCN1C(=O)/C(=C/c2ccc(O)c(OCC)c2)SC1=Nc1ccc(O)cc1C(=O)O. The van der Waals surface area contributed by atoms with Crippen molar-refractivity contribution >= 4 is 40.6 Å². The lowest BCUT2D eigenvalue weighted by Crippen LogP contribution is -2.29. The van der Waals surface area contributed by atoms with E-state index in [-0.39, 0.29) is 40.4 Å². The molecule has 1 aliphatic heterocycles. The number of aromatic hydroxyl groups is 2. The summed E-state index contributed by atoms with van der Waals surface area (Å²) in [6.45, 7) is 6.02. The Bertz CT molecular complexity index is 1110. The van der Waals surface area contributed by atoms with Crippen LogP contribution in [0.5, 0.6) is 17.2 Å². The van der Waals surface area contributed by atoms with Gasteiger partial charge in [-0.25, -0.2) is 9.79 Å². The minimum absolute atomic E-state index is 0.00142. The van der Waals surface area contributed by atoms with Crippen LogP contribution in [0.15, 0.2) is 59.0 Å². The van der Waals surface area contributed by atoms with Gasteiger partial charge in [-0.2, -0.15) is 0 Å². The molecule has 0 aliphatic carbocycles. The van der Waals surface area contributed by atoms with Crippen molar-refractivity contribution in [3.8, 4) is 17.2 Å². The Hall–Kier alpha value is -3.72. The number of carboxylic acid groups (broad SMARTS) is 1. The number of aliphatic imine (C=N–C) groups is 1. The minimum Gasteiger partial charge on any atom is -0.508 e. The third kappa shape index (κ3) is 4.89. The minimum atomic E-state index is -1.25. The van der Waals surface area contributed by atoms with Gasteiger partial charge in [-0.3, -0.25) is 9.69 Å². The topological polar surface area (TPSA) is 120 Å².